The summed E-state index contributed by atoms with van der Waals surface area (Å²) in [6.45, 7) is 1.81. The number of hydrogen-bond donors (Lipinski definition) is 2. The van der Waals surface area contributed by atoms with Crippen LogP contribution in [-0.2, 0) is 28.9 Å². The molecule has 1 aromatic heterocycles. The number of aliphatic carboxylic acids is 1. The third-order valence-corrected chi connectivity index (χ3v) is 6.86. The van der Waals surface area contributed by atoms with Gasteiger partial charge in [0.2, 0.25) is 5.91 Å². The number of benzene rings is 2. The number of rotatable bonds is 8. The van der Waals surface area contributed by atoms with Gasteiger partial charge in [0.05, 0.1) is 17.6 Å². The number of nitrogens with one attached hydrogen (secondary N) is 1. The largest absolute Gasteiger partial charge is 0.496 e. The van der Waals surface area contributed by atoms with E-state index in [4.69, 9.17) is 16.3 Å². The molecule has 0 aliphatic heterocycles. The minimum atomic E-state index is -0.950. The predicted octanol–water partition coefficient (Wildman–Crippen LogP) is 5.08. The summed E-state index contributed by atoms with van der Waals surface area (Å²) in [5.41, 5.74) is 3.23. The molecule has 0 fully saturated rings. The number of fused-ring (bicyclic) bond motifs is 3. The van der Waals surface area contributed by atoms with Crippen molar-refractivity contribution in [2.75, 3.05) is 7.11 Å². The SMILES string of the molecule is CCC(C(=O)O)n1c2c(c3cc(F)cc(Cl)c31)CC(NC(=O)CCc1ccccc1OC)CC2. The second-order valence-corrected chi connectivity index (χ2v) is 9.07. The Kier molecular flexibility index (Phi) is 7.12. The zero-order chi connectivity index (χ0) is 24.4. The lowest BCUT2D eigenvalue weighted by Crippen LogP contribution is -2.39. The van der Waals surface area contributed by atoms with Crippen LogP contribution in [-0.4, -0.2) is 34.7 Å². The van der Waals surface area contributed by atoms with Gasteiger partial charge in [0.15, 0.2) is 0 Å². The summed E-state index contributed by atoms with van der Waals surface area (Å²) < 4.78 is 21.4. The molecule has 180 valence electrons. The lowest BCUT2D eigenvalue weighted by Gasteiger charge is -2.26. The van der Waals surface area contributed by atoms with Gasteiger partial charge < -0.3 is 19.7 Å². The van der Waals surface area contributed by atoms with E-state index in [1.165, 1.54) is 12.1 Å². The summed E-state index contributed by atoms with van der Waals surface area (Å²) >= 11 is 6.40. The highest BCUT2D eigenvalue weighted by atomic mass is 35.5. The van der Waals surface area contributed by atoms with E-state index in [0.717, 1.165) is 22.6 Å². The van der Waals surface area contributed by atoms with Crippen LogP contribution in [0.1, 0.15) is 49.0 Å². The Labute approximate surface area is 202 Å². The second-order valence-electron chi connectivity index (χ2n) is 8.66. The predicted molar refractivity (Wildman–Crippen MR) is 129 cm³/mol. The molecule has 2 unspecified atom stereocenters. The van der Waals surface area contributed by atoms with Crippen LogP contribution in [0.2, 0.25) is 5.02 Å². The van der Waals surface area contributed by atoms with Crippen LogP contribution in [0.4, 0.5) is 4.39 Å². The van der Waals surface area contributed by atoms with Gasteiger partial charge in [0.1, 0.15) is 17.6 Å². The Morgan fingerprint density at radius 2 is 2.09 bits per heavy atom. The molecule has 0 spiro atoms. The van der Waals surface area contributed by atoms with Crippen molar-refractivity contribution in [1.29, 1.82) is 0 Å². The van der Waals surface area contributed by atoms with E-state index in [-0.39, 0.29) is 17.0 Å². The molecule has 1 heterocycles. The first kappa shape index (κ1) is 24.1. The molecule has 3 aromatic rings. The van der Waals surface area contributed by atoms with Crippen molar-refractivity contribution in [3.05, 3.63) is 64.1 Å². The minimum Gasteiger partial charge on any atom is -0.496 e. The number of methoxy groups -OCH3 is 1. The number of carbonyl (C=O) groups is 2. The van der Waals surface area contributed by atoms with E-state index in [1.807, 2.05) is 31.2 Å². The summed E-state index contributed by atoms with van der Waals surface area (Å²) in [6, 6.07) is 9.34. The quantitative estimate of drug-likeness (QED) is 0.465. The number of aryl methyl sites for hydroxylation is 1. The normalized spacial score (nSPS) is 16.2. The average molecular weight is 487 g/mol. The molecule has 2 aromatic carbocycles. The van der Waals surface area contributed by atoms with Crippen molar-refractivity contribution < 1.29 is 23.8 Å². The molecule has 0 saturated carbocycles. The van der Waals surface area contributed by atoms with Gasteiger partial charge in [-0.05, 0) is 61.4 Å². The lowest BCUT2D eigenvalue weighted by molar-refractivity contribution is -0.141. The van der Waals surface area contributed by atoms with Gasteiger partial charge in [-0.3, -0.25) is 4.79 Å². The summed E-state index contributed by atoms with van der Waals surface area (Å²) in [6.07, 6.45) is 2.99. The van der Waals surface area contributed by atoms with Crippen LogP contribution in [0.5, 0.6) is 5.75 Å². The van der Waals surface area contributed by atoms with E-state index in [9.17, 15) is 19.1 Å². The van der Waals surface area contributed by atoms with E-state index in [0.29, 0.717) is 49.4 Å². The molecular formula is C26H28ClFN2O4. The fourth-order valence-electron chi connectivity index (χ4n) is 5.03. The van der Waals surface area contributed by atoms with Crippen molar-refractivity contribution >= 4 is 34.4 Å². The first-order valence-electron chi connectivity index (χ1n) is 11.5. The second kappa shape index (κ2) is 10.1. The summed E-state index contributed by atoms with van der Waals surface area (Å²) in [4.78, 5) is 24.7. The molecule has 1 amide bonds. The maximum atomic E-state index is 14.3. The van der Waals surface area contributed by atoms with Crippen LogP contribution in [0, 0.1) is 5.82 Å². The Hall–Kier alpha value is -3.06. The number of halogens is 2. The number of aromatic nitrogens is 1. The monoisotopic (exact) mass is 486 g/mol. The fraction of sp³-hybridized carbons (Fsp3) is 0.385. The maximum absolute atomic E-state index is 14.3. The first-order valence-corrected chi connectivity index (χ1v) is 11.9. The smallest absolute Gasteiger partial charge is 0.326 e. The Morgan fingerprint density at radius 3 is 2.79 bits per heavy atom. The van der Waals surface area contributed by atoms with E-state index >= 15 is 0 Å². The average Bonchev–Trinajstić information content (AvgIpc) is 3.12. The first-order chi connectivity index (χ1) is 16.3. The molecular weight excluding hydrogens is 459 g/mol. The van der Waals surface area contributed by atoms with E-state index in [2.05, 4.69) is 5.32 Å². The third-order valence-electron chi connectivity index (χ3n) is 6.58. The summed E-state index contributed by atoms with van der Waals surface area (Å²) in [5, 5.41) is 13.7. The van der Waals surface area contributed by atoms with Crippen molar-refractivity contribution in [2.45, 2.75) is 57.5 Å². The molecule has 1 aliphatic rings. The van der Waals surface area contributed by atoms with E-state index in [1.54, 1.807) is 11.7 Å². The van der Waals surface area contributed by atoms with Crippen LogP contribution in [0.3, 0.4) is 0 Å². The number of carbonyl (C=O) groups excluding carboxylic acids is 1. The van der Waals surface area contributed by atoms with Crippen LogP contribution in [0.25, 0.3) is 10.9 Å². The lowest BCUT2D eigenvalue weighted by atomic mass is 9.91. The summed E-state index contributed by atoms with van der Waals surface area (Å²) in [5.74, 6) is -0.726. The van der Waals surface area contributed by atoms with Gasteiger partial charge in [0, 0.05) is 23.5 Å². The zero-order valence-corrected chi connectivity index (χ0v) is 20.0. The molecule has 0 saturated heterocycles. The number of ether oxygens (including phenoxy) is 1. The number of para-hydroxylation sites is 1. The number of carboxylic acid groups (broad SMARTS) is 1. The molecule has 0 bridgehead atoms. The highest BCUT2D eigenvalue weighted by Crippen LogP contribution is 2.39. The molecule has 4 rings (SSSR count). The van der Waals surface area contributed by atoms with Crippen molar-refractivity contribution in [2.24, 2.45) is 0 Å². The highest BCUT2D eigenvalue weighted by Gasteiger charge is 2.32. The number of nitrogens with zero attached hydrogens (tertiary/aromatic N) is 1. The van der Waals surface area contributed by atoms with Gasteiger partial charge in [-0.2, -0.15) is 0 Å². The topological polar surface area (TPSA) is 80.6 Å². The Bertz CT molecular complexity index is 1240. The van der Waals surface area contributed by atoms with Crippen LogP contribution in [0.15, 0.2) is 36.4 Å². The maximum Gasteiger partial charge on any atom is 0.326 e. The number of amides is 1. The van der Waals surface area contributed by atoms with Crippen LogP contribution >= 0.6 is 11.6 Å². The molecule has 6 nitrogen and oxygen atoms in total. The van der Waals surface area contributed by atoms with Gasteiger partial charge >= 0.3 is 5.97 Å². The number of carboxylic acids is 1. The standard InChI is InChI=1S/C26H28ClFN2O4/c1-3-21(26(32)33)30-22-10-9-17(14-18(22)19-12-16(28)13-20(27)25(19)30)29-24(31)11-8-15-6-4-5-7-23(15)34-2/h4-7,12-13,17,21H,3,8-11,14H2,1-2H3,(H,29,31)(H,32,33). The van der Waals surface area contributed by atoms with Gasteiger partial charge in [-0.25, -0.2) is 9.18 Å². The van der Waals surface area contributed by atoms with E-state index < -0.39 is 17.8 Å². The molecule has 8 heteroatoms. The minimum absolute atomic E-state index is 0.0655. The highest BCUT2D eigenvalue weighted by molar-refractivity contribution is 6.35. The fourth-order valence-corrected chi connectivity index (χ4v) is 5.32. The van der Waals surface area contributed by atoms with Crippen molar-refractivity contribution in [3.8, 4) is 5.75 Å². The van der Waals surface area contributed by atoms with Gasteiger partial charge in [0.25, 0.3) is 0 Å². The molecule has 1 aliphatic carbocycles. The molecule has 2 atom stereocenters. The Morgan fingerprint density at radius 1 is 1.32 bits per heavy atom. The van der Waals surface area contributed by atoms with Crippen molar-refractivity contribution in [3.63, 3.8) is 0 Å². The summed E-state index contributed by atoms with van der Waals surface area (Å²) in [7, 11) is 1.61. The number of hydrogen-bond acceptors (Lipinski definition) is 3. The van der Waals surface area contributed by atoms with Crippen molar-refractivity contribution in [1.82, 2.24) is 9.88 Å². The zero-order valence-electron chi connectivity index (χ0n) is 19.2. The molecule has 34 heavy (non-hydrogen) atoms. The van der Waals surface area contributed by atoms with Gasteiger partial charge in [-0.1, -0.05) is 36.7 Å². The molecule has 2 N–H and O–H groups in total. The van der Waals surface area contributed by atoms with Gasteiger partial charge in [-0.15, -0.1) is 0 Å². The molecule has 0 radical (unpaired) electrons. The van der Waals surface area contributed by atoms with Crippen LogP contribution < -0.4 is 10.1 Å². The third kappa shape index (κ3) is 4.62. The Balaban J connectivity index is 1.57.